The number of hydrogen-bond donors (Lipinski definition) is 2. The van der Waals surface area contributed by atoms with Crippen LogP contribution >= 0.6 is 0 Å². The molecule has 132 valence electrons. The molecule has 0 spiro atoms. The summed E-state index contributed by atoms with van der Waals surface area (Å²) < 4.78 is 10.9. The summed E-state index contributed by atoms with van der Waals surface area (Å²) >= 11 is 0. The predicted octanol–water partition coefficient (Wildman–Crippen LogP) is 2.62. The average molecular weight is 342 g/mol. The van der Waals surface area contributed by atoms with Crippen LogP contribution in [0.25, 0.3) is 0 Å². The van der Waals surface area contributed by atoms with E-state index >= 15 is 0 Å². The van der Waals surface area contributed by atoms with Crippen molar-refractivity contribution in [3.05, 3.63) is 59.7 Å². The molecule has 2 N–H and O–H groups in total. The lowest BCUT2D eigenvalue weighted by Gasteiger charge is -2.12. The molecule has 0 bridgehead atoms. The molecule has 0 saturated heterocycles. The molecule has 0 fully saturated rings. The molecule has 6 heteroatoms. The van der Waals surface area contributed by atoms with Gasteiger partial charge >= 0.3 is 0 Å². The van der Waals surface area contributed by atoms with Crippen molar-refractivity contribution in [2.75, 3.05) is 6.61 Å². The van der Waals surface area contributed by atoms with Gasteiger partial charge in [-0.25, -0.2) is 0 Å². The van der Waals surface area contributed by atoms with E-state index in [1.54, 1.807) is 30.3 Å². The fourth-order valence-electron chi connectivity index (χ4n) is 2.07. The maximum Gasteiger partial charge on any atom is 0.276 e. The van der Waals surface area contributed by atoms with E-state index in [1.165, 1.54) is 0 Å². The normalized spacial score (nSPS) is 10.2. The first-order chi connectivity index (χ1) is 11.9. The zero-order valence-electron chi connectivity index (χ0n) is 14.5. The van der Waals surface area contributed by atoms with Gasteiger partial charge in [0.15, 0.2) is 6.61 Å². The van der Waals surface area contributed by atoms with Gasteiger partial charge in [0, 0.05) is 5.56 Å². The van der Waals surface area contributed by atoms with E-state index in [2.05, 4.69) is 10.9 Å². The molecule has 25 heavy (non-hydrogen) atoms. The summed E-state index contributed by atoms with van der Waals surface area (Å²) in [5, 5.41) is 0. The van der Waals surface area contributed by atoms with Gasteiger partial charge in [-0.3, -0.25) is 20.4 Å². The highest BCUT2D eigenvalue weighted by molar-refractivity contribution is 5.95. The molecule has 2 aromatic rings. The first kappa shape index (κ1) is 18.3. The van der Waals surface area contributed by atoms with Crippen molar-refractivity contribution >= 4 is 11.8 Å². The standard InChI is InChI=1S/C19H22N2O4/c1-13(2)25-17-9-5-7-15(11-17)19(23)21-20-18(22)12-24-16-8-4-6-14(3)10-16/h4-11,13H,12H2,1-3H3,(H,20,22)(H,21,23). The van der Waals surface area contributed by atoms with Crippen LogP contribution < -0.4 is 20.3 Å². The van der Waals surface area contributed by atoms with Crippen LogP contribution in [-0.2, 0) is 4.79 Å². The zero-order chi connectivity index (χ0) is 18.2. The summed E-state index contributed by atoms with van der Waals surface area (Å²) in [5.41, 5.74) is 6.10. The second-order valence-electron chi connectivity index (χ2n) is 5.80. The maximum atomic E-state index is 12.1. The largest absolute Gasteiger partial charge is 0.491 e. The molecule has 0 aliphatic carbocycles. The van der Waals surface area contributed by atoms with Gasteiger partial charge in [-0.05, 0) is 56.7 Å². The Kier molecular flexibility index (Phi) is 6.39. The molecule has 6 nitrogen and oxygen atoms in total. The van der Waals surface area contributed by atoms with Crippen LogP contribution in [0.5, 0.6) is 11.5 Å². The molecule has 2 amide bonds. The minimum Gasteiger partial charge on any atom is -0.491 e. The monoisotopic (exact) mass is 342 g/mol. The van der Waals surface area contributed by atoms with Crippen molar-refractivity contribution in [1.82, 2.24) is 10.9 Å². The first-order valence-electron chi connectivity index (χ1n) is 7.99. The predicted molar refractivity (Wildman–Crippen MR) is 94.5 cm³/mol. The zero-order valence-corrected chi connectivity index (χ0v) is 14.5. The molecule has 2 aromatic carbocycles. The molecule has 0 atom stereocenters. The van der Waals surface area contributed by atoms with E-state index in [0.29, 0.717) is 17.1 Å². The van der Waals surface area contributed by atoms with E-state index in [0.717, 1.165) is 5.56 Å². The summed E-state index contributed by atoms with van der Waals surface area (Å²) in [6.07, 6.45) is 0.0109. The summed E-state index contributed by atoms with van der Waals surface area (Å²) in [6, 6.07) is 14.1. The van der Waals surface area contributed by atoms with E-state index in [4.69, 9.17) is 9.47 Å². The number of carbonyl (C=O) groups excluding carboxylic acids is 2. The molecular formula is C19H22N2O4. The molecule has 0 aliphatic heterocycles. The van der Waals surface area contributed by atoms with Crippen molar-refractivity contribution in [3.63, 3.8) is 0 Å². The van der Waals surface area contributed by atoms with Gasteiger partial charge in [0.25, 0.3) is 11.8 Å². The lowest BCUT2D eigenvalue weighted by molar-refractivity contribution is -0.123. The molecule has 0 radical (unpaired) electrons. The Hall–Kier alpha value is -3.02. The van der Waals surface area contributed by atoms with E-state index in [9.17, 15) is 9.59 Å². The molecule has 0 saturated carbocycles. The van der Waals surface area contributed by atoms with Crippen molar-refractivity contribution < 1.29 is 19.1 Å². The highest BCUT2D eigenvalue weighted by Crippen LogP contribution is 2.15. The second-order valence-corrected chi connectivity index (χ2v) is 5.80. The summed E-state index contributed by atoms with van der Waals surface area (Å²) in [4.78, 5) is 23.9. The van der Waals surface area contributed by atoms with Crippen LogP contribution in [0.3, 0.4) is 0 Å². The van der Waals surface area contributed by atoms with Crippen LogP contribution in [0.15, 0.2) is 48.5 Å². The Balaban J connectivity index is 1.82. The third kappa shape index (κ3) is 6.18. The van der Waals surface area contributed by atoms with Gasteiger partial charge in [0.2, 0.25) is 0 Å². The third-order valence-corrected chi connectivity index (χ3v) is 3.14. The minimum atomic E-state index is -0.454. The summed E-state index contributed by atoms with van der Waals surface area (Å²) in [5.74, 6) is 0.305. The SMILES string of the molecule is Cc1cccc(OCC(=O)NNC(=O)c2cccc(OC(C)C)c2)c1. The quantitative estimate of drug-likeness (QED) is 0.791. The third-order valence-electron chi connectivity index (χ3n) is 3.14. The van der Waals surface area contributed by atoms with E-state index in [1.807, 2.05) is 39.0 Å². The number of rotatable bonds is 6. The van der Waals surface area contributed by atoms with Crippen LogP contribution in [0.4, 0.5) is 0 Å². The van der Waals surface area contributed by atoms with Crippen molar-refractivity contribution in [3.8, 4) is 11.5 Å². The molecule has 0 unspecified atom stereocenters. The van der Waals surface area contributed by atoms with Gasteiger partial charge in [-0.15, -0.1) is 0 Å². The van der Waals surface area contributed by atoms with Crippen LogP contribution in [0.2, 0.25) is 0 Å². The lowest BCUT2D eigenvalue weighted by Crippen LogP contribution is -2.43. The number of aryl methyl sites for hydroxylation is 1. The van der Waals surface area contributed by atoms with Crippen molar-refractivity contribution in [2.45, 2.75) is 26.9 Å². The molecule has 2 rings (SSSR count). The highest BCUT2D eigenvalue weighted by Gasteiger charge is 2.09. The summed E-state index contributed by atoms with van der Waals surface area (Å²) in [6.45, 7) is 5.55. The van der Waals surface area contributed by atoms with Crippen LogP contribution in [-0.4, -0.2) is 24.5 Å². The highest BCUT2D eigenvalue weighted by atomic mass is 16.5. The van der Waals surface area contributed by atoms with Gasteiger partial charge < -0.3 is 9.47 Å². The van der Waals surface area contributed by atoms with Gasteiger partial charge in [-0.2, -0.15) is 0 Å². The maximum absolute atomic E-state index is 12.1. The van der Waals surface area contributed by atoms with E-state index < -0.39 is 11.8 Å². The van der Waals surface area contributed by atoms with Gasteiger partial charge in [0.05, 0.1) is 6.10 Å². The first-order valence-corrected chi connectivity index (χ1v) is 7.99. The minimum absolute atomic E-state index is 0.0109. The number of hydrogen-bond acceptors (Lipinski definition) is 4. The topological polar surface area (TPSA) is 76.7 Å². The number of nitrogens with one attached hydrogen (secondary N) is 2. The van der Waals surface area contributed by atoms with Gasteiger partial charge in [0.1, 0.15) is 11.5 Å². The smallest absolute Gasteiger partial charge is 0.276 e. The number of benzene rings is 2. The lowest BCUT2D eigenvalue weighted by atomic mass is 10.2. The Labute approximate surface area is 147 Å². The number of hydrazine groups is 1. The molecule has 0 heterocycles. The molecular weight excluding hydrogens is 320 g/mol. The van der Waals surface area contributed by atoms with E-state index in [-0.39, 0.29) is 12.7 Å². The van der Waals surface area contributed by atoms with Crippen molar-refractivity contribution in [1.29, 1.82) is 0 Å². The van der Waals surface area contributed by atoms with Crippen LogP contribution in [0, 0.1) is 6.92 Å². The number of carbonyl (C=O) groups is 2. The Morgan fingerprint density at radius 1 is 1.00 bits per heavy atom. The average Bonchev–Trinajstić information content (AvgIpc) is 2.57. The Morgan fingerprint density at radius 2 is 1.72 bits per heavy atom. The Bertz CT molecular complexity index is 744. The molecule has 0 aromatic heterocycles. The fourth-order valence-corrected chi connectivity index (χ4v) is 2.07. The number of ether oxygens (including phenoxy) is 2. The van der Waals surface area contributed by atoms with Crippen LogP contribution in [0.1, 0.15) is 29.8 Å². The van der Waals surface area contributed by atoms with Crippen molar-refractivity contribution in [2.24, 2.45) is 0 Å². The Morgan fingerprint density at radius 3 is 2.44 bits per heavy atom. The molecule has 0 aliphatic rings. The second kappa shape index (κ2) is 8.73. The van der Waals surface area contributed by atoms with Gasteiger partial charge in [-0.1, -0.05) is 18.2 Å². The fraction of sp³-hybridized carbons (Fsp3) is 0.263. The summed E-state index contributed by atoms with van der Waals surface area (Å²) in [7, 11) is 0. The number of amides is 2.